The van der Waals surface area contributed by atoms with Crippen LogP contribution in [0.4, 0.5) is 5.69 Å². The third kappa shape index (κ3) is 1.97. The van der Waals surface area contributed by atoms with E-state index in [1.54, 1.807) is 0 Å². The van der Waals surface area contributed by atoms with Crippen LogP contribution in [0.5, 0.6) is 0 Å². The second kappa shape index (κ2) is 4.78. The molecule has 1 unspecified atom stereocenters. The van der Waals surface area contributed by atoms with Crippen LogP contribution in [0.15, 0.2) is 18.2 Å². The van der Waals surface area contributed by atoms with Gasteiger partial charge in [0, 0.05) is 12.1 Å². The van der Waals surface area contributed by atoms with Crippen LogP contribution in [-0.2, 0) is 9.59 Å². The van der Waals surface area contributed by atoms with Crippen molar-refractivity contribution in [1.29, 1.82) is 0 Å². The number of anilines is 1. The normalized spacial score (nSPS) is 17.8. The maximum absolute atomic E-state index is 12.1. The third-order valence-corrected chi connectivity index (χ3v) is 3.08. The Balaban J connectivity index is 2.33. The molecule has 1 aliphatic rings. The van der Waals surface area contributed by atoms with E-state index >= 15 is 0 Å². The van der Waals surface area contributed by atoms with Gasteiger partial charge in [0.25, 0.3) is 0 Å². The van der Waals surface area contributed by atoms with Gasteiger partial charge in [-0.05, 0) is 19.4 Å². The molecule has 96 valence electrons. The van der Waals surface area contributed by atoms with Gasteiger partial charge in [0.15, 0.2) is 0 Å². The lowest BCUT2D eigenvalue weighted by Crippen LogP contribution is -2.40. The molecule has 5 heteroatoms. The van der Waals surface area contributed by atoms with E-state index in [4.69, 9.17) is 5.73 Å². The van der Waals surface area contributed by atoms with Crippen LogP contribution in [0.2, 0.25) is 0 Å². The zero-order valence-corrected chi connectivity index (χ0v) is 10.6. The number of nitrogens with two attached hydrogens (primary N) is 1. The molecular weight excluding hydrogens is 230 g/mol. The molecule has 0 bridgehead atoms. The van der Waals surface area contributed by atoms with Crippen molar-refractivity contribution in [3.8, 4) is 0 Å². The topological polar surface area (TPSA) is 75.4 Å². The molecule has 2 amide bonds. The second-order valence-corrected chi connectivity index (χ2v) is 4.37. The Labute approximate surface area is 106 Å². The van der Waals surface area contributed by atoms with Crippen LogP contribution in [0.25, 0.3) is 0 Å². The molecule has 0 aromatic heterocycles. The van der Waals surface area contributed by atoms with Gasteiger partial charge in [-0.15, -0.1) is 0 Å². The standard InChI is InChI=1S/C13H17N3O2/c1-3-15-10(17)7-16-12-8(2)5-4-6-9(12)11(14)13(16)18/h4-6,11H,3,7,14H2,1-2H3,(H,15,17). The highest BCUT2D eigenvalue weighted by molar-refractivity contribution is 6.08. The number of amides is 2. The molecule has 1 aromatic carbocycles. The highest BCUT2D eigenvalue weighted by atomic mass is 16.2. The number of aryl methyl sites for hydroxylation is 1. The molecule has 0 radical (unpaired) electrons. The molecule has 3 N–H and O–H groups in total. The number of hydrogen-bond donors (Lipinski definition) is 2. The Bertz CT molecular complexity index is 499. The van der Waals surface area contributed by atoms with E-state index in [0.29, 0.717) is 6.54 Å². The summed E-state index contributed by atoms with van der Waals surface area (Å²) >= 11 is 0. The summed E-state index contributed by atoms with van der Waals surface area (Å²) in [5.74, 6) is -0.389. The first kappa shape index (κ1) is 12.6. The lowest BCUT2D eigenvalue weighted by Gasteiger charge is -2.18. The van der Waals surface area contributed by atoms with E-state index in [9.17, 15) is 9.59 Å². The minimum Gasteiger partial charge on any atom is -0.355 e. The molecule has 2 rings (SSSR count). The monoisotopic (exact) mass is 247 g/mol. The molecule has 1 atom stereocenters. The maximum Gasteiger partial charge on any atom is 0.249 e. The molecule has 0 fully saturated rings. The number of likely N-dealkylation sites (N-methyl/N-ethyl adjacent to an activating group) is 1. The minimum absolute atomic E-state index is 0.0260. The minimum atomic E-state index is -0.658. The Morgan fingerprint density at radius 2 is 2.22 bits per heavy atom. The predicted octanol–water partition coefficient (Wildman–Crippen LogP) is 0.478. The fourth-order valence-electron chi connectivity index (χ4n) is 2.27. The highest BCUT2D eigenvalue weighted by Gasteiger charge is 2.36. The van der Waals surface area contributed by atoms with Crippen LogP contribution in [-0.4, -0.2) is 24.9 Å². The van der Waals surface area contributed by atoms with E-state index in [1.807, 2.05) is 32.0 Å². The lowest BCUT2D eigenvalue weighted by atomic mass is 10.1. The Morgan fingerprint density at radius 1 is 1.50 bits per heavy atom. The summed E-state index contributed by atoms with van der Waals surface area (Å²) in [4.78, 5) is 25.2. The van der Waals surface area contributed by atoms with E-state index in [0.717, 1.165) is 16.8 Å². The molecule has 0 spiro atoms. The third-order valence-electron chi connectivity index (χ3n) is 3.08. The first-order valence-corrected chi connectivity index (χ1v) is 5.99. The zero-order chi connectivity index (χ0) is 13.3. The number of fused-ring (bicyclic) bond motifs is 1. The number of rotatable bonds is 3. The van der Waals surface area contributed by atoms with Crippen LogP contribution >= 0.6 is 0 Å². The van der Waals surface area contributed by atoms with Crippen molar-refractivity contribution in [1.82, 2.24) is 5.32 Å². The van der Waals surface area contributed by atoms with Crippen molar-refractivity contribution in [2.24, 2.45) is 5.73 Å². The zero-order valence-electron chi connectivity index (χ0n) is 10.6. The number of carbonyl (C=O) groups is 2. The maximum atomic E-state index is 12.1. The van der Waals surface area contributed by atoms with E-state index in [2.05, 4.69) is 5.32 Å². The fraction of sp³-hybridized carbons (Fsp3) is 0.385. The lowest BCUT2D eigenvalue weighted by molar-refractivity contribution is -0.124. The van der Waals surface area contributed by atoms with Crippen molar-refractivity contribution in [3.63, 3.8) is 0 Å². The summed E-state index contributed by atoms with van der Waals surface area (Å²) in [6, 6.07) is 4.96. The quantitative estimate of drug-likeness (QED) is 0.815. The number of carbonyl (C=O) groups excluding carboxylic acids is 2. The first-order valence-electron chi connectivity index (χ1n) is 5.99. The molecule has 1 aliphatic heterocycles. The van der Waals surface area contributed by atoms with Crippen molar-refractivity contribution in [3.05, 3.63) is 29.3 Å². The van der Waals surface area contributed by atoms with Crippen molar-refractivity contribution < 1.29 is 9.59 Å². The fourth-order valence-corrected chi connectivity index (χ4v) is 2.27. The molecule has 18 heavy (non-hydrogen) atoms. The first-order chi connectivity index (χ1) is 8.56. The molecule has 0 saturated heterocycles. The van der Waals surface area contributed by atoms with Crippen molar-refractivity contribution in [2.45, 2.75) is 19.9 Å². The van der Waals surface area contributed by atoms with Gasteiger partial charge in [0.1, 0.15) is 12.6 Å². The molecule has 5 nitrogen and oxygen atoms in total. The molecule has 0 saturated carbocycles. The second-order valence-electron chi connectivity index (χ2n) is 4.37. The highest BCUT2D eigenvalue weighted by Crippen LogP contribution is 2.36. The predicted molar refractivity (Wildman–Crippen MR) is 69.1 cm³/mol. The van der Waals surface area contributed by atoms with Crippen molar-refractivity contribution >= 4 is 17.5 Å². The van der Waals surface area contributed by atoms with Gasteiger partial charge in [-0.1, -0.05) is 18.2 Å². The van der Waals surface area contributed by atoms with Crippen LogP contribution in [0, 0.1) is 6.92 Å². The summed E-state index contributed by atoms with van der Waals surface area (Å²) in [5.41, 5.74) is 8.41. The number of para-hydroxylation sites is 1. The SMILES string of the molecule is CCNC(=O)CN1C(=O)C(N)c2cccc(C)c21. The smallest absolute Gasteiger partial charge is 0.249 e. The number of benzene rings is 1. The van der Waals surface area contributed by atoms with E-state index in [-0.39, 0.29) is 18.4 Å². The van der Waals surface area contributed by atoms with Crippen LogP contribution < -0.4 is 16.0 Å². The number of nitrogens with zero attached hydrogens (tertiary/aromatic N) is 1. The van der Waals surface area contributed by atoms with Gasteiger partial charge in [-0.25, -0.2) is 0 Å². The summed E-state index contributed by atoms with van der Waals surface area (Å²) in [7, 11) is 0. The van der Waals surface area contributed by atoms with Gasteiger partial charge < -0.3 is 16.0 Å². The van der Waals surface area contributed by atoms with Crippen molar-refractivity contribution in [2.75, 3.05) is 18.0 Å². The number of hydrogen-bond acceptors (Lipinski definition) is 3. The van der Waals surface area contributed by atoms with Gasteiger partial charge in [0.05, 0.1) is 5.69 Å². The average molecular weight is 247 g/mol. The summed E-state index contributed by atoms with van der Waals surface area (Å²) < 4.78 is 0. The van der Waals surface area contributed by atoms with E-state index in [1.165, 1.54) is 4.90 Å². The summed E-state index contributed by atoms with van der Waals surface area (Å²) in [6.07, 6.45) is 0. The van der Waals surface area contributed by atoms with Gasteiger partial charge in [-0.3, -0.25) is 9.59 Å². The largest absolute Gasteiger partial charge is 0.355 e. The Morgan fingerprint density at radius 3 is 2.89 bits per heavy atom. The van der Waals surface area contributed by atoms with Gasteiger partial charge in [0.2, 0.25) is 11.8 Å². The molecule has 1 heterocycles. The van der Waals surface area contributed by atoms with Crippen LogP contribution in [0.3, 0.4) is 0 Å². The molecule has 0 aliphatic carbocycles. The average Bonchev–Trinajstić information content (AvgIpc) is 2.56. The summed E-state index contributed by atoms with van der Waals surface area (Å²) in [6.45, 7) is 4.33. The Hall–Kier alpha value is -1.88. The van der Waals surface area contributed by atoms with Crippen LogP contribution in [0.1, 0.15) is 24.1 Å². The molecular formula is C13H17N3O2. The van der Waals surface area contributed by atoms with Gasteiger partial charge >= 0.3 is 0 Å². The number of nitrogens with one attached hydrogen (secondary N) is 1. The summed E-state index contributed by atoms with van der Waals surface area (Å²) in [5, 5.41) is 2.68. The molecule has 1 aromatic rings. The van der Waals surface area contributed by atoms with Gasteiger partial charge in [-0.2, -0.15) is 0 Å². The Kier molecular flexibility index (Phi) is 3.34. The van der Waals surface area contributed by atoms with E-state index < -0.39 is 6.04 Å².